The van der Waals surface area contributed by atoms with E-state index < -0.39 is 5.97 Å². The van der Waals surface area contributed by atoms with Gasteiger partial charge in [-0.2, -0.15) is 0 Å². The van der Waals surface area contributed by atoms with Crippen molar-refractivity contribution in [2.24, 2.45) is 5.92 Å². The lowest BCUT2D eigenvalue weighted by molar-refractivity contribution is -0.139. The second-order valence-corrected chi connectivity index (χ2v) is 6.29. The fraction of sp³-hybridized carbons (Fsp3) is 0.600. The summed E-state index contributed by atoms with van der Waals surface area (Å²) >= 11 is 0. The first-order valence-electron chi connectivity index (χ1n) is 6.51. The highest BCUT2D eigenvalue weighted by molar-refractivity contribution is 5.77. The lowest BCUT2D eigenvalue weighted by Crippen LogP contribution is -2.17. The number of carbonyl (C=O) groups is 1. The molecule has 3 nitrogen and oxygen atoms in total. The molecule has 0 aliphatic heterocycles. The van der Waals surface area contributed by atoms with Crippen molar-refractivity contribution in [2.45, 2.75) is 51.4 Å². The molecule has 0 aromatic carbocycles. The van der Waals surface area contributed by atoms with Crippen molar-refractivity contribution >= 4 is 5.97 Å². The molecule has 1 aromatic rings. The van der Waals surface area contributed by atoms with Crippen LogP contribution in [0.3, 0.4) is 0 Å². The smallest absolute Gasteiger partial charge is 0.307 e. The number of rotatable bonds is 3. The van der Waals surface area contributed by atoms with Gasteiger partial charge in [0.1, 0.15) is 0 Å². The predicted molar refractivity (Wildman–Crippen MR) is 70.6 cm³/mol. The molecule has 0 bridgehead atoms. The number of pyridine rings is 1. The van der Waals surface area contributed by atoms with Crippen LogP contribution in [0, 0.1) is 5.92 Å². The molecular formula is C15H21NO2. The van der Waals surface area contributed by atoms with Crippen LogP contribution in [-0.2, 0) is 15.6 Å². The molecule has 1 N–H and O–H groups in total. The van der Waals surface area contributed by atoms with Crippen LogP contribution >= 0.6 is 0 Å². The van der Waals surface area contributed by atoms with Crippen LogP contribution in [0.2, 0.25) is 0 Å². The standard InChI is InChI=1S/C15H21NO2/c1-5-15(8-11(15)13(17)18)10-6-7-12(16-9-10)14(2,3)4/h6-7,9,11H,5,8H2,1-4H3,(H,17,18). The summed E-state index contributed by atoms with van der Waals surface area (Å²) in [5.41, 5.74) is 1.98. The van der Waals surface area contributed by atoms with Gasteiger partial charge in [0, 0.05) is 22.7 Å². The molecule has 18 heavy (non-hydrogen) atoms. The quantitative estimate of drug-likeness (QED) is 0.892. The lowest BCUT2D eigenvalue weighted by Gasteiger charge is -2.20. The molecule has 98 valence electrons. The van der Waals surface area contributed by atoms with Gasteiger partial charge in [-0.05, 0) is 24.5 Å². The van der Waals surface area contributed by atoms with Gasteiger partial charge >= 0.3 is 5.97 Å². The zero-order chi connectivity index (χ0) is 13.6. The first-order valence-corrected chi connectivity index (χ1v) is 6.51. The number of nitrogens with zero attached hydrogens (tertiary/aromatic N) is 1. The molecule has 3 heteroatoms. The molecule has 2 unspecified atom stereocenters. The van der Waals surface area contributed by atoms with Crippen molar-refractivity contribution in [1.29, 1.82) is 0 Å². The Kier molecular flexibility index (Phi) is 2.96. The van der Waals surface area contributed by atoms with Gasteiger partial charge in [-0.3, -0.25) is 9.78 Å². The zero-order valence-electron chi connectivity index (χ0n) is 11.5. The highest BCUT2D eigenvalue weighted by Gasteiger charge is 2.58. The molecule has 1 fully saturated rings. The van der Waals surface area contributed by atoms with Crippen molar-refractivity contribution in [1.82, 2.24) is 4.98 Å². The van der Waals surface area contributed by atoms with Gasteiger partial charge in [-0.15, -0.1) is 0 Å². The Labute approximate surface area is 108 Å². The minimum Gasteiger partial charge on any atom is -0.481 e. The average Bonchev–Trinajstić information content (AvgIpc) is 3.04. The van der Waals surface area contributed by atoms with Crippen molar-refractivity contribution in [3.63, 3.8) is 0 Å². The predicted octanol–water partition coefficient (Wildman–Crippen LogP) is 3.13. The summed E-state index contributed by atoms with van der Waals surface area (Å²) in [5.74, 6) is -0.915. The minimum absolute atomic E-state index is 0.0354. The highest BCUT2D eigenvalue weighted by Crippen LogP contribution is 2.56. The number of hydrogen-bond donors (Lipinski definition) is 1. The van der Waals surface area contributed by atoms with Gasteiger partial charge in [0.25, 0.3) is 0 Å². The number of carboxylic acid groups (broad SMARTS) is 1. The van der Waals surface area contributed by atoms with Gasteiger partial charge < -0.3 is 5.11 Å². The summed E-state index contributed by atoms with van der Waals surface area (Å²) in [6.07, 6.45) is 3.48. The topological polar surface area (TPSA) is 50.2 Å². The van der Waals surface area contributed by atoms with E-state index in [9.17, 15) is 4.79 Å². The minimum atomic E-state index is -0.684. The average molecular weight is 247 g/mol. The van der Waals surface area contributed by atoms with E-state index in [1.54, 1.807) is 0 Å². The van der Waals surface area contributed by atoms with E-state index in [4.69, 9.17) is 5.11 Å². The van der Waals surface area contributed by atoms with Gasteiger partial charge in [0.15, 0.2) is 0 Å². The molecule has 0 radical (unpaired) electrons. The third kappa shape index (κ3) is 2.02. The Morgan fingerprint density at radius 2 is 2.17 bits per heavy atom. The number of carboxylic acids is 1. The van der Waals surface area contributed by atoms with Crippen molar-refractivity contribution in [3.05, 3.63) is 29.6 Å². The molecule has 1 saturated carbocycles. The first-order chi connectivity index (χ1) is 8.31. The van der Waals surface area contributed by atoms with Crippen LogP contribution in [0.15, 0.2) is 18.3 Å². The summed E-state index contributed by atoms with van der Waals surface area (Å²) in [5, 5.41) is 9.14. The van der Waals surface area contributed by atoms with E-state index >= 15 is 0 Å². The van der Waals surface area contributed by atoms with Crippen LogP contribution in [0.5, 0.6) is 0 Å². The normalized spacial score (nSPS) is 27.0. The first kappa shape index (κ1) is 13.1. The van der Waals surface area contributed by atoms with Gasteiger partial charge in [-0.1, -0.05) is 33.8 Å². The van der Waals surface area contributed by atoms with Crippen LogP contribution in [0.25, 0.3) is 0 Å². The van der Waals surface area contributed by atoms with Crippen molar-refractivity contribution in [3.8, 4) is 0 Å². The SMILES string of the molecule is CCC1(c2ccc(C(C)(C)C)nc2)CC1C(=O)O. The lowest BCUT2D eigenvalue weighted by atomic mass is 9.88. The van der Waals surface area contributed by atoms with Gasteiger partial charge in [-0.25, -0.2) is 0 Å². The molecular weight excluding hydrogens is 226 g/mol. The second kappa shape index (κ2) is 4.08. The molecule has 0 saturated heterocycles. The molecule has 0 spiro atoms. The van der Waals surface area contributed by atoms with Gasteiger partial charge in [0.05, 0.1) is 5.92 Å². The van der Waals surface area contributed by atoms with E-state index in [1.807, 2.05) is 12.3 Å². The summed E-state index contributed by atoms with van der Waals surface area (Å²) < 4.78 is 0. The molecule has 1 aliphatic rings. The Morgan fingerprint density at radius 1 is 1.50 bits per heavy atom. The maximum Gasteiger partial charge on any atom is 0.307 e. The van der Waals surface area contributed by atoms with E-state index in [0.717, 1.165) is 24.1 Å². The van der Waals surface area contributed by atoms with E-state index in [-0.39, 0.29) is 16.7 Å². The van der Waals surface area contributed by atoms with E-state index in [0.29, 0.717) is 0 Å². The Hall–Kier alpha value is -1.38. The summed E-state index contributed by atoms with van der Waals surface area (Å²) in [7, 11) is 0. The maximum absolute atomic E-state index is 11.1. The maximum atomic E-state index is 11.1. The van der Waals surface area contributed by atoms with Crippen molar-refractivity contribution < 1.29 is 9.90 Å². The van der Waals surface area contributed by atoms with E-state index in [2.05, 4.69) is 38.7 Å². The molecule has 2 atom stereocenters. The Bertz CT molecular complexity index is 458. The molecule has 1 aliphatic carbocycles. The number of aliphatic carboxylic acids is 1. The molecule has 0 amide bonds. The van der Waals surface area contributed by atoms with E-state index in [1.165, 1.54) is 0 Å². The summed E-state index contributed by atoms with van der Waals surface area (Å²) in [4.78, 5) is 15.6. The molecule has 2 rings (SSSR count). The fourth-order valence-electron chi connectivity index (χ4n) is 2.67. The molecule has 1 heterocycles. The zero-order valence-corrected chi connectivity index (χ0v) is 11.5. The van der Waals surface area contributed by atoms with Crippen LogP contribution in [0.4, 0.5) is 0 Å². The second-order valence-electron chi connectivity index (χ2n) is 6.29. The monoisotopic (exact) mass is 247 g/mol. The number of aromatic nitrogens is 1. The van der Waals surface area contributed by atoms with Crippen LogP contribution < -0.4 is 0 Å². The molecule has 1 aromatic heterocycles. The fourth-order valence-corrected chi connectivity index (χ4v) is 2.67. The van der Waals surface area contributed by atoms with Crippen LogP contribution in [0.1, 0.15) is 51.8 Å². The van der Waals surface area contributed by atoms with Gasteiger partial charge in [0.2, 0.25) is 0 Å². The summed E-state index contributed by atoms with van der Waals surface area (Å²) in [6, 6.07) is 4.09. The largest absolute Gasteiger partial charge is 0.481 e. The third-order valence-electron chi connectivity index (χ3n) is 4.11. The summed E-state index contributed by atoms with van der Waals surface area (Å²) in [6.45, 7) is 8.44. The van der Waals surface area contributed by atoms with Crippen molar-refractivity contribution in [2.75, 3.05) is 0 Å². The Balaban J connectivity index is 2.28. The Morgan fingerprint density at radius 3 is 2.50 bits per heavy atom. The van der Waals surface area contributed by atoms with Crippen LogP contribution in [-0.4, -0.2) is 16.1 Å². The number of hydrogen-bond acceptors (Lipinski definition) is 2. The highest BCUT2D eigenvalue weighted by atomic mass is 16.4. The third-order valence-corrected chi connectivity index (χ3v) is 4.11.